The van der Waals surface area contributed by atoms with Gasteiger partial charge in [0.25, 0.3) is 0 Å². The predicted octanol–water partition coefficient (Wildman–Crippen LogP) is 4.06. The van der Waals surface area contributed by atoms with Crippen LogP contribution in [-0.4, -0.2) is 23.8 Å². The number of piperidine rings is 1. The fourth-order valence-electron chi connectivity index (χ4n) is 3.21. The molecule has 1 aliphatic rings. The summed E-state index contributed by atoms with van der Waals surface area (Å²) in [7, 11) is 0. The number of benzene rings is 2. The molecule has 0 aromatic heterocycles. The Balaban J connectivity index is 0.00000225. The van der Waals surface area contributed by atoms with Crippen LogP contribution in [-0.2, 0) is 6.54 Å². The number of hydrogen-bond donors (Lipinski definition) is 1. The van der Waals surface area contributed by atoms with Gasteiger partial charge in [0.15, 0.2) is 5.78 Å². The summed E-state index contributed by atoms with van der Waals surface area (Å²) in [4.78, 5) is 14.7. The second kappa shape index (κ2) is 8.41. The van der Waals surface area contributed by atoms with Crippen molar-refractivity contribution in [3.63, 3.8) is 0 Å². The minimum absolute atomic E-state index is 0. The van der Waals surface area contributed by atoms with Crippen LogP contribution in [0.1, 0.15) is 28.8 Å². The summed E-state index contributed by atoms with van der Waals surface area (Å²) in [6, 6.07) is 10.8. The van der Waals surface area contributed by atoms with Crippen LogP contribution in [0.5, 0.6) is 0 Å². The minimum atomic E-state index is -0.649. The van der Waals surface area contributed by atoms with Gasteiger partial charge in [-0.05, 0) is 61.8 Å². The number of ketones is 1. The van der Waals surface area contributed by atoms with E-state index in [2.05, 4.69) is 4.90 Å². The maximum absolute atomic E-state index is 13.8. The second-order valence-electron chi connectivity index (χ2n) is 6.28. The minimum Gasteiger partial charge on any atom is -0.399 e. The summed E-state index contributed by atoms with van der Waals surface area (Å²) in [5, 5.41) is 0. The van der Waals surface area contributed by atoms with Crippen molar-refractivity contribution in [2.24, 2.45) is 5.92 Å². The average Bonchev–Trinajstić information content (AvgIpc) is 2.57. The zero-order valence-electron chi connectivity index (χ0n) is 13.8. The van der Waals surface area contributed by atoms with E-state index in [1.54, 1.807) is 0 Å². The number of carbonyl (C=O) groups excluding carboxylic acids is 1. The summed E-state index contributed by atoms with van der Waals surface area (Å²) >= 11 is 0. The fraction of sp³-hybridized carbons (Fsp3) is 0.316. The van der Waals surface area contributed by atoms with Gasteiger partial charge in [-0.1, -0.05) is 12.1 Å². The van der Waals surface area contributed by atoms with Crippen molar-refractivity contribution in [3.05, 3.63) is 65.2 Å². The highest BCUT2D eigenvalue weighted by Gasteiger charge is 2.27. The van der Waals surface area contributed by atoms with Crippen LogP contribution in [0.3, 0.4) is 0 Å². The molecule has 1 saturated heterocycles. The lowest BCUT2D eigenvalue weighted by atomic mass is 9.88. The van der Waals surface area contributed by atoms with Gasteiger partial charge in [0.05, 0.1) is 5.56 Å². The van der Waals surface area contributed by atoms with Crippen molar-refractivity contribution >= 4 is 23.9 Å². The first-order valence-electron chi connectivity index (χ1n) is 8.09. The predicted molar refractivity (Wildman–Crippen MR) is 96.8 cm³/mol. The highest BCUT2D eigenvalue weighted by Crippen LogP contribution is 2.24. The molecule has 6 heteroatoms. The van der Waals surface area contributed by atoms with Gasteiger partial charge in [-0.2, -0.15) is 0 Å². The standard InChI is InChI=1S/C19H20F2N2O.ClH/c20-15-4-5-18(21)17(11-15)19(24)14-6-8-23(9-7-14)12-13-2-1-3-16(22)10-13;/h1-5,10-11,14H,6-9,12,22H2;1H. The van der Waals surface area contributed by atoms with Gasteiger partial charge in [-0.15, -0.1) is 12.4 Å². The molecule has 0 spiro atoms. The number of nitrogen functional groups attached to an aromatic ring is 1. The van der Waals surface area contributed by atoms with Gasteiger partial charge in [-0.25, -0.2) is 8.78 Å². The summed E-state index contributed by atoms with van der Waals surface area (Å²) < 4.78 is 27.0. The van der Waals surface area contributed by atoms with E-state index in [9.17, 15) is 13.6 Å². The van der Waals surface area contributed by atoms with Crippen molar-refractivity contribution < 1.29 is 13.6 Å². The third-order valence-electron chi connectivity index (χ3n) is 4.51. The smallest absolute Gasteiger partial charge is 0.169 e. The third kappa shape index (κ3) is 4.77. The van der Waals surface area contributed by atoms with Crippen LogP contribution >= 0.6 is 12.4 Å². The molecule has 1 fully saturated rings. The first kappa shape index (κ1) is 19.3. The molecule has 0 radical (unpaired) electrons. The number of hydrogen-bond acceptors (Lipinski definition) is 3. The van der Waals surface area contributed by atoms with E-state index in [4.69, 9.17) is 5.73 Å². The van der Waals surface area contributed by atoms with E-state index in [-0.39, 0.29) is 29.7 Å². The lowest BCUT2D eigenvalue weighted by Crippen LogP contribution is -2.36. The van der Waals surface area contributed by atoms with Gasteiger partial charge in [0, 0.05) is 18.2 Å². The Morgan fingerprint density at radius 2 is 1.84 bits per heavy atom. The molecule has 2 aromatic carbocycles. The number of rotatable bonds is 4. The molecule has 0 unspecified atom stereocenters. The molecule has 1 aliphatic heterocycles. The normalized spacial score (nSPS) is 15.6. The molecule has 0 aliphatic carbocycles. The Kier molecular flexibility index (Phi) is 6.51. The fourth-order valence-corrected chi connectivity index (χ4v) is 3.21. The maximum Gasteiger partial charge on any atom is 0.169 e. The molecular weight excluding hydrogens is 346 g/mol. The van der Waals surface area contributed by atoms with Gasteiger partial charge in [0.1, 0.15) is 11.6 Å². The number of halogens is 3. The highest BCUT2D eigenvalue weighted by atomic mass is 35.5. The maximum atomic E-state index is 13.8. The lowest BCUT2D eigenvalue weighted by molar-refractivity contribution is 0.0830. The van der Waals surface area contributed by atoms with Crippen LogP contribution in [0.25, 0.3) is 0 Å². The summed E-state index contributed by atoms with van der Waals surface area (Å²) in [5.41, 5.74) is 7.52. The van der Waals surface area contributed by atoms with Crippen LogP contribution in [0.15, 0.2) is 42.5 Å². The Bertz CT molecular complexity index is 746. The molecule has 0 atom stereocenters. The first-order chi connectivity index (χ1) is 11.5. The molecule has 2 aromatic rings. The molecular formula is C19H21ClF2N2O. The Hall–Kier alpha value is -1.98. The van der Waals surface area contributed by atoms with E-state index < -0.39 is 11.6 Å². The molecule has 25 heavy (non-hydrogen) atoms. The Morgan fingerprint density at radius 3 is 2.52 bits per heavy atom. The van der Waals surface area contributed by atoms with E-state index >= 15 is 0 Å². The molecule has 3 nitrogen and oxygen atoms in total. The molecule has 3 rings (SSSR count). The SMILES string of the molecule is Cl.Nc1cccc(CN2CCC(C(=O)c3cc(F)ccc3F)CC2)c1. The summed E-state index contributed by atoms with van der Waals surface area (Å²) in [6.45, 7) is 2.28. The second-order valence-corrected chi connectivity index (χ2v) is 6.28. The molecule has 0 saturated carbocycles. The van der Waals surface area contributed by atoms with Crippen molar-refractivity contribution in [2.45, 2.75) is 19.4 Å². The van der Waals surface area contributed by atoms with Gasteiger partial charge < -0.3 is 5.73 Å². The number of carbonyl (C=O) groups is 1. The van der Waals surface area contributed by atoms with Crippen molar-refractivity contribution in [2.75, 3.05) is 18.8 Å². The number of nitrogens with two attached hydrogens (primary N) is 1. The van der Waals surface area contributed by atoms with Crippen LogP contribution < -0.4 is 5.73 Å². The molecule has 0 amide bonds. The molecule has 2 N–H and O–H groups in total. The quantitative estimate of drug-likeness (QED) is 0.655. The Morgan fingerprint density at radius 1 is 1.12 bits per heavy atom. The van der Waals surface area contributed by atoms with E-state index in [1.807, 2.05) is 24.3 Å². The summed E-state index contributed by atoms with van der Waals surface area (Å²) in [5.74, 6) is -1.78. The largest absolute Gasteiger partial charge is 0.399 e. The number of Topliss-reactive ketones (excluding diaryl/α,β-unsaturated/α-hetero) is 1. The first-order valence-corrected chi connectivity index (χ1v) is 8.09. The van der Waals surface area contributed by atoms with Crippen LogP contribution in [0, 0.1) is 17.6 Å². The molecule has 0 bridgehead atoms. The Labute approximate surface area is 152 Å². The van der Waals surface area contributed by atoms with Crippen molar-refractivity contribution in [1.29, 1.82) is 0 Å². The average molecular weight is 367 g/mol. The van der Waals surface area contributed by atoms with Gasteiger partial charge in [-0.3, -0.25) is 9.69 Å². The van der Waals surface area contributed by atoms with E-state index in [0.717, 1.165) is 49.1 Å². The zero-order valence-corrected chi connectivity index (χ0v) is 14.6. The van der Waals surface area contributed by atoms with Gasteiger partial charge >= 0.3 is 0 Å². The molecule has 1 heterocycles. The monoisotopic (exact) mass is 366 g/mol. The molecule has 134 valence electrons. The van der Waals surface area contributed by atoms with Gasteiger partial charge in [0.2, 0.25) is 0 Å². The highest BCUT2D eigenvalue weighted by molar-refractivity contribution is 5.98. The number of nitrogens with zero attached hydrogens (tertiary/aromatic N) is 1. The topological polar surface area (TPSA) is 46.3 Å². The zero-order chi connectivity index (χ0) is 17.1. The third-order valence-corrected chi connectivity index (χ3v) is 4.51. The van der Waals surface area contributed by atoms with E-state index in [1.165, 1.54) is 0 Å². The van der Waals surface area contributed by atoms with E-state index in [0.29, 0.717) is 12.8 Å². The lowest BCUT2D eigenvalue weighted by Gasteiger charge is -2.31. The number of likely N-dealkylation sites (tertiary alicyclic amines) is 1. The van der Waals surface area contributed by atoms with Crippen LogP contribution in [0.4, 0.5) is 14.5 Å². The van der Waals surface area contributed by atoms with Crippen molar-refractivity contribution in [1.82, 2.24) is 4.90 Å². The number of anilines is 1. The van der Waals surface area contributed by atoms with Crippen LogP contribution in [0.2, 0.25) is 0 Å². The van der Waals surface area contributed by atoms with Crippen molar-refractivity contribution in [3.8, 4) is 0 Å². The summed E-state index contributed by atoms with van der Waals surface area (Å²) in [6.07, 6.45) is 1.30.